The summed E-state index contributed by atoms with van der Waals surface area (Å²) in [5.74, 6) is -1.10. The zero-order valence-corrected chi connectivity index (χ0v) is 27.2. The molecule has 0 bridgehead atoms. The Balaban J connectivity index is 1.47. The van der Waals surface area contributed by atoms with Gasteiger partial charge in [0.1, 0.15) is 53.3 Å². The molecular weight excluding hydrogens is 610 g/mol. The van der Waals surface area contributed by atoms with Gasteiger partial charge < -0.3 is 18.6 Å². The summed E-state index contributed by atoms with van der Waals surface area (Å²) in [6.07, 6.45) is 11.0. The van der Waals surface area contributed by atoms with E-state index < -0.39 is 48.9 Å². The predicted octanol–water partition coefficient (Wildman–Crippen LogP) is 11.1. The van der Waals surface area contributed by atoms with E-state index >= 15 is 0 Å². The zero-order valence-electron chi connectivity index (χ0n) is 25.4. The quantitative estimate of drug-likeness (QED) is 0.175. The molecule has 4 aliphatic rings. The van der Waals surface area contributed by atoms with E-state index in [1.54, 1.807) is 33.8 Å². The predicted molar refractivity (Wildman–Crippen MR) is 168 cm³/mol. The van der Waals surface area contributed by atoms with E-state index in [1.807, 2.05) is 0 Å². The molecule has 2 aliphatic carbocycles. The molecule has 2 unspecified atom stereocenters. The van der Waals surface area contributed by atoms with E-state index in [0.717, 1.165) is 0 Å². The van der Waals surface area contributed by atoms with E-state index in [-0.39, 0.29) is 43.6 Å². The summed E-state index contributed by atoms with van der Waals surface area (Å²) < 4.78 is 99.8. The molecule has 4 nitrogen and oxygen atoms in total. The van der Waals surface area contributed by atoms with Crippen molar-refractivity contribution in [2.45, 2.75) is 64.6 Å². The van der Waals surface area contributed by atoms with E-state index in [9.17, 15) is 26.7 Å². The van der Waals surface area contributed by atoms with Crippen LogP contribution in [0.25, 0.3) is 0 Å². The van der Waals surface area contributed by atoms with Gasteiger partial charge in [-0.25, -0.2) is 17.6 Å². The topological polar surface area (TPSA) is 52.6 Å². The van der Waals surface area contributed by atoms with Crippen LogP contribution >= 0.6 is 14.3 Å². The van der Waals surface area contributed by atoms with Crippen LogP contribution in [0.5, 0.6) is 5.75 Å². The molecule has 10 heteroatoms. The van der Waals surface area contributed by atoms with Crippen LogP contribution in [-0.2, 0) is 13.9 Å². The van der Waals surface area contributed by atoms with Crippen LogP contribution in [-0.4, -0.2) is 24.1 Å². The van der Waals surface area contributed by atoms with E-state index in [0.29, 0.717) is 39.9 Å². The summed E-state index contributed by atoms with van der Waals surface area (Å²) in [4.78, 5) is 0. The van der Waals surface area contributed by atoms with Crippen molar-refractivity contribution in [3.63, 3.8) is 0 Å². The van der Waals surface area contributed by atoms with Crippen LogP contribution in [0.2, 0.25) is 0 Å². The minimum absolute atomic E-state index is 0.0543. The fraction of sp³-hybridized carbons (Fsp3) is 0.412. The van der Waals surface area contributed by atoms with Crippen LogP contribution in [0.3, 0.4) is 0 Å². The molecule has 1 aromatic rings. The van der Waals surface area contributed by atoms with Gasteiger partial charge in [0.05, 0.1) is 12.5 Å². The largest absolute Gasteiger partial charge is 0.483 e. The van der Waals surface area contributed by atoms with Gasteiger partial charge in [-0.2, -0.15) is 0 Å². The van der Waals surface area contributed by atoms with Crippen molar-refractivity contribution in [2.24, 2.45) is 5.92 Å². The van der Waals surface area contributed by atoms with Crippen LogP contribution in [0.15, 0.2) is 100 Å². The molecule has 236 valence electrons. The Labute approximate surface area is 256 Å². The standard InChI is InChI=1S/C34H38F4O4P2/c1-5-24(35)13-14-34(4)15-18-43(39,23(3)27-20-26(37)8-10-29(27)42-34)16-6-17-44(40)32-12-9-25(36)7-11-30(32)41-31-19-22(2)28(38)21-33(31)44/h5,7-11,13-14,20-23H,6,12,15-19H2,1-4H3/b14-13-,24-5+/t22-,23+,34+,43?,44?/m1/s1. The summed E-state index contributed by atoms with van der Waals surface area (Å²) in [5, 5.41) is 0.733. The Morgan fingerprint density at radius 2 is 1.91 bits per heavy atom. The monoisotopic (exact) mass is 648 g/mol. The maximum atomic E-state index is 14.9. The first-order valence-corrected chi connectivity index (χ1v) is 19.0. The summed E-state index contributed by atoms with van der Waals surface area (Å²) in [6.45, 7) is 6.87. The molecule has 2 aliphatic heterocycles. The van der Waals surface area contributed by atoms with Crippen LogP contribution in [0, 0.1) is 11.7 Å². The van der Waals surface area contributed by atoms with Crippen molar-refractivity contribution >= 4 is 14.3 Å². The number of benzene rings is 1. The summed E-state index contributed by atoms with van der Waals surface area (Å²) in [6, 6.07) is 4.12. The highest BCUT2D eigenvalue weighted by Crippen LogP contribution is 2.70. The second-order valence-electron chi connectivity index (χ2n) is 12.2. The molecule has 0 radical (unpaired) electrons. The lowest BCUT2D eigenvalue weighted by atomic mass is 10.00. The molecule has 0 saturated heterocycles. The number of halogens is 4. The third kappa shape index (κ3) is 6.44. The van der Waals surface area contributed by atoms with E-state index in [1.165, 1.54) is 54.7 Å². The average molecular weight is 649 g/mol. The van der Waals surface area contributed by atoms with Crippen molar-refractivity contribution < 1.29 is 36.2 Å². The molecule has 44 heavy (non-hydrogen) atoms. The average Bonchev–Trinajstić information content (AvgIpc) is 3.18. The highest BCUT2D eigenvalue weighted by Gasteiger charge is 2.44. The SMILES string of the molecule is C/C=C(F)\C=C/[C@@]1(C)CCP(=O)(CCCP2(=O)C3=C(C[C@@H](C)C(F)=C3)OC3=C2CC=C(F)C=C3)[C@@H](C)c2cc(F)ccc2O1. The fourth-order valence-corrected chi connectivity index (χ4v) is 12.8. The van der Waals surface area contributed by atoms with Gasteiger partial charge in [-0.1, -0.05) is 19.9 Å². The maximum Gasteiger partial charge on any atom is 0.146 e. The first kappa shape index (κ1) is 32.6. The van der Waals surface area contributed by atoms with Crippen LogP contribution in [0.4, 0.5) is 17.6 Å². The molecule has 5 atom stereocenters. The second kappa shape index (κ2) is 12.5. The van der Waals surface area contributed by atoms with Gasteiger partial charge in [0.2, 0.25) is 0 Å². The lowest BCUT2D eigenvalue weighted by molar-refractivity contribution is 0.133. The molecule has 5 rings (SSSR count). The highest BCUT2D eigenvalue weighted by molar-refractivity contribution is 7.72. The Kier molecular flexibility index (Phi) is 9.27. The summed E-state index contributed by atoms with van der Waals surface area (Å²) >= 11 is 0. The van der Waals surface area contributed by atoms with Gasteiger partial charge in [0.25, 0.3) is 0 Å². The smallest absolute Gasteiger partial charge is 0.146 e. The van der Waals surface area contributed by atoms with Crippen molar-refractivity contribution in [2.75, 3.05) is 18.5 Å². The third-order valence-electron chi connectivity index (χ3n) is 9.09. The Morgan fingerprint density at radius 1 is 1.14 bits per heavy atom. The maximum absolute atomic E-state index is 14.9. The number of rotatable bonds is 6. The van der Waals surface area contributed by atoms with Gasteiger partial charge >= 0.3 is 0 Å². The van der Waals surface area contributed by atoms with E-state index in [2.05, 4.69) is 0 Å². The normalized spacial score (nSPS) is 32.4. The van der Waals surface area contributed by atoms with Crippen molar-refractivity contribution in [3.8, 4) is 5.75 Å². The number of hydrogen-bond donors (Lipinski definition) is 0. The molecule has 1 aromatic carbocycles. The summed E-state index contributed by atoms with van der Waals surface area (Å²) in [7, 11) is -6.59. The fourth-order valence-electron chi connectivity index (χ4n) is 6.23. The Morgan fingerprint density at radius 3 is 2.66 bits per heavy atom. The lowest BCUT2D eigenvalue weighted by Gasteiger charge is -2.37. The van der Waals surface area contributed by atoms with Crippen molar-refractivity contribution in [1.29, 1.82) is 0 Å². The van der Waals surface area contributed by atoms with Gasteiger partial charge in [0.15, 0.2) is 0 Å². The summed E-state index contributed by atoms with van der Waals surface area (Å²) in [5.41, 5.74) is -1.10. The van der Waals surface area contributed by atoms with Crippen molar-refractivity contribution in [1.82, 2.24) is 0 Å². The third-order valence-corrected chi connectivity index (χ3v) is 16.2. The van der Waals surface area contributed by atoms with Gasteiger partial charge in [0, 0.05) is 53.8 Å². The minimum atomic E-state index is -3.47. The molecule has 0 fully saturated rings. The van der Waals surface area contributed by atoms with Gasteiger partial charge in [-0.15, -0.1) is 0 Å². The first-order valence-electron chi connectivity index (χ1n) is 15.0. The van der Waals surface area contributed by atoms with Crippen LogP contribution in [0.1, 0.15) is 64.6 Å². The second-order valence-corrected chi connectivity index (χ2v) is 18.8. The Bertz CT molecular complexity index is 1660. The number of hydrogen-bond acceptors (Lipinski definition) is 4. The molecule has 2 heterocycles. The molecular formula is C34H38F4O4P2. The van der Waals surface area contributed by atoms with Crippen LogP contribution < -0.4 is 4.74 Å². The number of ether oxygens (including phenoxy) is 2. The molecule has 0 N–H and O–H groups in total. The van der Waals surface area contributed by atoms with E-state index in [4.69, 9.17) is 9.47 Å². The molecule has 0 spiro atoms. The zero-order chi connectivity index (χ0) is 31.9. The van der Waals surface area contributed by atoms with Gasteiger partial charge in [-0.3, -0.25) is 0 Å². The molecule has 0 saturated carbocycles. The minimum Gasteiger partial charge on any atom is -0.483 e. The number of allylic oxidation sites excluding steroid dienone is 12. The first-order chi connectivity index (χ1) is 20.8. The highest BCUT2D eigenvalue weighted by atomic mass is 31.2. The Hall–Kier alpha value is -2.82. The van der Waals surface area contributed by atoms with Gasteiger partial charge in [-0.05, 0) is 81.3 Å². The van der Waals surface area contributed by atoms with Crippen molar-refractivity contribution in [3.05, 3.63) is 112 Å². The molecule has 0 amide bonds. The lowest BCUT2D eigenvalue weighted by Crippen LogP contribution is -2.33. The molecule has 0 aromatic heterocycles. The number of fused-ring (bicyclic) bond motifs is 1.